The molecular formula is C31H33ClN2O3. The molecule has 3 aromatic rings. The summed E-state index contributed by atoms with van der Waals surface area (Å²) in [7, 11) is 0. The molecule has 1 aromatic heterocycles. The first kappa shape index (κ1) is 24.6. The Balaban J connectivity index is 1.30. The number of hydrogen-bond donors (Lipinski definition) is 2. The molecule has 2 aromatic carbocycles. The average Bonchev–Trinajstić information content (AvgIpc) is 3.70. The number of aromatic nitrogens is 1. The van der Waals surface area contributed by atoms with Crippen molar-refractivity contribution in [3.63, 3.8) is 0 Å². The van der Waals surface area contributed by atoms with Crippen LogP contribution in [0, 0.1) is 5.41 Å². The van der Waals surface area contributed by atoms with Crippen LogP contribution >= 0.6 is 11.6 Å². The normalized spacial score (nSPS) is 28.3. The van der Waals surface area contributed by atoms with Crippen LogP contribution in [0.5, 0.6) is 5.75 Å². The maximum absolute atomic E-state index is 11.8. The van der Waals surface area contributed by atoms with Gasteiger partial charge in [-0.1, -0.05) is 55.8 Å². The Labute approximate surface area is 223 Å². The molecule has 1 spiro atoms. The molecule has 2 aliphatic heterocycles. The van der Waals surface area contributed by atoms with Crippen molar-refractivity contribution in [1.29, 1.82) is 0 Å². The molecule has 37 heavy (non-hydrogen) atoms. The van der Waals surface area contributed by atoms with Gasteiger partial charge in [-0.2, -0.15) is 0 Å². The van der Waals surface area contributed by atoms with Crippen molar-refractivity contribution >= 4 is 17.2 Å². The van der Waals surface area contributed by atoms with Crippen molar-refractivity contribution in [2.24, 2.45) is 5.41 Å². The standard InChI is InChI=1S/C31H33ClN2O3/c1-28(2,35)21-11-14-27-25(17-21)23(24-7-5-15-33-26(24)18-37-27)8-6-16-34-19-30(34)29(3,4)31(30,36)20-9-12-22(32)13-10-20/h5,7-15,17,35-36H,6,16,18-19H2,1-4H3/b23-8+. The van der Waals surface area contributed by atoms with Crippen LogP contribution in [0.25, 0.3) is 5.57 Å². The number of pyridine rings is 1. The van der Waals surface area contributed by atoms with E-state index in [4.69, 9.17) is 16.3 Å². The van der Waals surface area contributed by atoms with E-state index in [0.717, 1.165) is 58.8 Å². The van der Waals surface area contributed by atoms with Crippen LogP contribution in [0.15, 0.2) is 66.9 Å². The van der Waals surface area contributed by atoms with E-state index >= 15 is 0 Å². The minimum Gasteiger partial charge on any atom is -0.487 e. The van der Waals surface area contributed by atoms with Gasteiger partial charge in [0.2, 0.25) is 0 Å². The van der Waals surface area contributed by atoms with Gasteiger partial charge in [0.1, 0.15) is 18.0 Å². The zero-order valence-corrected chi connectivity index (χ0v) is 22.5. The number of rotatable bonds is 5. The van der Waals surface area contributed by atoms with Crippen molar-refractivity contribution < 1.29 is 14.9 Å². The Bertz CT molecular complexity index is 1410. The smallest absolute Gasteiger partial charge is 0.131 e. The third kappa shape index (κ3) is 3.52. The summed E-state index contributed by atoms with van der Waals surface area (Å²) < 4.78 is 6.13. The van der Waals surface area contributed by atoms with Crippen LogP contribution in [-0.4, -0.2) is 38.7 Å². The van der Waals surface area contributed by atoms with Crippen LogP contribution in [0.3, 0.4) is 0 Å². The third-order valence-corrected chi connectivity index (χ3v) is 9.11. The van der Waals surface area contributed by atoms with Crippen LogP contribution in [0.2, 0.25) is 5.02 Å². The van der Waals surface area contributed by atoms with Gasteiger partial charge in [0.25, 0.3) is 0 Å². The van der Waals surface area contributed by atoms with Crippen LogP contribution in [0.1, 0.15) is 62.1 Å². The predicted molar refractivity (Wildman–Crippen MR) is 145 cm³/mol. The lowest BCUT2D eigenvalue weighted by Gasteiger charge is -2.20. The Morgan fingerprint density at radius 2 is 1.86 bits per heavy atom. The van der Waals surface area contributed by atoms with Crippen LogP contribution in [-0.2, 0) is 17.8 Å². The largest absolute Gasteiger partial charge is 0.487 e. The van der Waals surface area contributed by atoms with Gasteiger partial charge in [-0.25, -0.2) is 0 Å². The summed E-state index contributed by atoms with van der Waals surface area (Å²) in [6.45, 7) is 10.00. The maximum Gasteiger partial charge on any atom is 0.131 e. The molecule has 0 amide bonds. The summed E-state index contributed by atoms with van der Waals surface area (Å²) >= 11 is 6.10. The molecule has 1 saturated carbocycles. The highest BCUT2D eigenvalue weighted by molar-refractivity contribution is 6.30. The first-order valence-electron chi connectivity index (χ1n) is 12.9. The highest BCUT2D eigenvalue weighted by Crippen LogP contribution is 2.79. The zero-order chi connectivity index (χ0) is 26.2. The van der Waals surface area contributed by atoms with E-state index in [1.54, 1.807) is 20.0 Å². The summed E-state index contributed by atoms with van der Waals surface area (Å²) in [5.41, 5.74) is 3.42. The molecule has 3 atom stereocenters. The van der Waals surface area contributed by atoms with E-state index in [2.05, 4.69) is 35.9 Å². The number of fused-ring (bicyclic) bond motifs is 2. The van der Waals surface area contributed by atoms with Crippen molar-refractivity contribution in [2.45, 2.75) is 57.5 Å². The second-order valence-electron chi connectivity index (χ2n) is 11.6. The van der Waals surface area contributed by atoms with Crippen molar-refractivity contribution in [3.8, 4) is 5.75 Å². The van der Waals surface area contributed by atoms with E-state index in [0.29, 0.717) is 11.6 Å². The summed E-state index contributed by atoms with van der Waals surface area (Å²) in [6, 6.07) is 17.5. The molecule has 5 nitrogen and oxygen atoms in total. The molecule has 3 unspecified atom stereocenters. The van der Waals surface area contributed by atoms with Gasteiger partial charge >= 0.3 is 0 Å². The molecule has 6 heteroatoms. The fraction of sp³-hybridized carbons (Fsp3) is 0.387. The monoisotopic (exact) mass is 516 g/mol. The molecule has 2 N–H and O–H groups in total. The number of hydrogen-bond acceptors (Lipinski definition) is 5. The SMILES string of the molecule is CC(C)(O)c1ccc2c(c1)/C(=C/CCN1CC13C(C)(C)C3(O)c1ccc(Cl)cc1)c1cccnc1CO2. The van der Waals surface area contributed by atoms with Crippen LogP contribution in [0.4, 0.5) is 0 Å². The second-order valence-corrected chi connectivity index (χ2v) is 12.0. The summed E-state index contributed by atoms with van der Waals surface area (Å²) in [5.74, 6) is 0.792. The van der Waals surface area contributed by atoms with E-state index in [1.807, 2.05) is 48.5 Å². The topological polar surface area (TPSA) is 65.6 Å². The number of halogens is 1. The van der Waals surface area contributed by atoms with Gasteiger partial charge in [-0.3, -0.25) is 9.88 Å². The lowest BCUT2D eigenvalue weighted by atomic mass is 9.90. The maximum atomic E-state index is 11.8. The van der Waals surface area contributed by atoms with Gasteiger partial charge in [-0.05, 0) is 67.3 Å². The molecule has 6 rings (SSSR count). The molecule has 3 aliphatic rings. The molecular weight excluding hydrogens is 484 g/mol. The summed E-state index contributed by atoms with van der Waals surface area (Å²) in [4.78, 5) is 6.98. The van der Waals surface area contributed by atoms with E-state index in [1.165, 1.54) is 0 Å². The first-order chi connectivity index (χ1) is 17.5. The van der Waals surface area contributed by atoms with Gasteiger partial charge in [0.15, 0.2) is 0 Å². The zero-order valence-electron chi connectivity index (χ0n) is 21.8. The van der Waals surface area contributed by atoms with Crippen molar-refractivity contribution in [3.05, 3.63) is 99.8 Å². The Morgan fingerprint density at radius 3 is 2.59 bits per heavy atom. The van der Waals surface area contributed by atoms with Crippen molar-refractivity contribution in [2.75, 3.05) is 13.1 Å². The van der Waals surface area contributed by atoms with E-state index in [9.17, 15) is 10.2 Å². The Kier molecular flexibility index (Phi) is 5.42. The quantitative estimate of drug-likeness (QED) is 0.428. The van der Waals surface area contributed by atoms with Gasteiger partial charge in [0.05, 0.1) is 16.8 Å². The molecule has 3 heterocycles. The number of aliphatic hydroxyl groups is 2. The van der Waals surface area contributed by atoms with Crippen LogP contribution < -0.4 is 4.74 Å². The first-order valence-corrected chi connectivity index (χ1v) is 13.3. The third-order valence-electron chi connectivity index (χ3n) is 8.86. The van der Waals surface area contributed by atoms with Gasteiger partial charge in [-0.15, -0.1) is 0 Å². The fourth-order valence-electron chi connectivity index (χ4n) is 6.58. The lowest BCUT2D eigenvalue weighted by Crippen LogP contribution is -2.18. The molecule has 1 aliphatic carbocycles. The average molecular weight is 517 g/mol. The number of ether oxygens (including phenoxy) is 1. The number of nitrogens with zero attached hydrogens (tertiary/aromatic N) is 2. The number of benzene rings is 2. The van der Waals surface area contributed by atoms with Crippen molar-refractivity contribution in [1.82, 2.24) is 9.88 Å². The second kappa shape index (κ2) is 8.15. The fourth-order valence-corrected chi connectivity index (χ4v) is 6.70. The highest BCUT2D eigenvalue weighted by Gasteiger charge is 2.92. The Morgan fingerprint density at radius 1 is 1.11 bits per heavy atom. The predicted octanol–water partition coefficient (Wildman–Crippen LogP) is 5.66. The molecule has 2 fully saturated rings. The molecule has 0 radical (unpaired) electrons. The highest BCUT2D eigenvalue weighted by atomic mass is 35.5. The van der Waals surface area contributed by atoms with E-state index < -0.39 is 11.2 Å². The molecule has 192 valence electrons. The van der Waals surface area contributed by atoms with Gasteiger partial charge in [0, 0.05) is 40.9 Å². The summed E-state index contributed by atoms with van der Waals surface area (Å²) in [5, 5.41) is 23.1. The minimum atomic E-state index is -0.958. The van der Waals surface area contributed by atoms with Gasteiger partial charge < -0.3 is 14.9 Å². The van der Waals surface area contributed by atoms with E-state index in [-0.39, 0.29) is 11.0 Å². The molecule has 0 bridgehead atoms. The molecule has 1 saturated heterocycles. The lowest BCUT2D eigenvalue weighted by molar-refractivity contribution is 0.0785. The Hall–Kier alpha value is -2.70. The minimum absolute atomic E-state index is 0.246. The summed E-state index contributed by atoms with van der Waals surface area (Å²) in [6.07, 6.45) is 4.86.